The largest absolute Gasteiger partial charge is 0.487 e. The van der Waals surface area contributed by atoms with Gasteiger partial charge in [-0.2, -0.15) is 0 Å². The molecule has 4 heterocycles. The van der Waals surface area contributed by atoms with E-state index < -0.39 is 0 Å². The Morgan fingerprint density at radius 2 is 1.39 bits per heavy atom. The molecule has 0 spiro atoms. The molecule has 0 bridgehead atoms. The zero-order chi connectivity index (χ0) is 35.6. The van der Waals surface area contributed by atoms with Crippen molar-refractivity contribution >= 4 is 11.8 Å². The van der Waals surface area contributed by atoms with Gasteiger partial charge in [0, 0.05) is 56.2 Å². The molecule has 51 heavy (non-hydrogen) atoms. The molecule has 2 aliphatic rings. The van der Waals surface area contributed by atoms with Crippen LogP contribution in [0.1, 0.15) is 96.0 Å². The van der Waals surface area contributed by atoms with E-state index in [0.29, 0.717) is 40.8 Å². The van der Waals surface area contributed by atoms with Crippen molar-refractivity contribution in [1.29, 1.82) is 0 Å². The smallest absolute Gasteiger partial charge is 0.253 e. The van der Waals surface area contributed by atoms with E-state index in [2.05, 4.69) is 25.6 Å². The Bertz CT molecular complexity index is 1730. The minimum atomic E-state index is -0.355. The van der Waals surface area contributed by atoms with Crippen LogP contribution in [0.4, 0.5) is 4.39 Å². The summed E-state index contributed by atoms with van der Waals surface area (Å²) in [6.45, 7) is 5.96. The number of amides is 2. The van der Waals surface area contributed by atoms with Crippen molar-refractivity contribution in [3.8, 4) is 11.5 Å². The topological polar surface area (TPSA) is 125 Å². The highest BCUT2D eigenvalue weighted by Crippen LogP contribution is 2.39. The third-order valence-corrected chi connectivity index (χ3v) is 10.1. The summed E-state index contributed by atoms with van der Waals surface area (Å²) < 4.78 is 32.0. The number of ether oxygens (including phenoxy) is 3. The average Bonchev–Trinajstić information content (AvgIpc) is 3.17. The second kappa shape index (κ2) is 17.4. The van der Waals surface area contributed by atoms with Gasteiger partial charge < -0.3 is 24.8 Å². The molecule has 2 fully saturated rings. The minimum Gasteiger partial charge on any atom is -0.487 e. The summed E-state index contributed by atoms with van der Waals surface area (Å²) in [6.07, 6.45) is 12.1. The standard InChI is InChI=1S/C40H46FN5O5/c1-26(28-12-16-49-17-13-28)45-39(47)31-7-9-36(44-22-31)25-51-38-20-33(19-34(41)21-38)30-5-3-4-29(18-30)27(2)46-40(48)32-6-8-35(43-23-32)24-50-37-10-14-42-15-11-37/h6-11,14-15,19-23,26-30H,3-5,12-13,16-18,24-25H2,1-2H3,(H,45,47)(H,46,48). The molecule has 1 aliphatic heterocycles. The molecule has 1 saturated heterocycles. The van der Waals surface area contributed by atoms with Gasteiger partial charge in [0.2, 0.25) is 0 Å². The van der Waals surface area contributed by atoms with Crippen LogP contribution in [0.2, 0.25) is 0 Å². The number of carbonyl (C=O) groups is 2. The monoisotopic (exact) mass is 695 g/mol. The SMILES string of the molecule is CC(NC(=O)c1ccc(COc2cc(F)cc(C3CCCC(C(C)NC(=O)c4ccc(COc5ccncc5)nc4)C3)c2)nc1)C1CCOCC1. The van der Waals surface area contributed by atoms with E-state index in [9.17, 15) is 14.0 Å². The number of aromatic nitrogens is 3. The first kappa shape index (κ1) is 35.9. The Morgan fingerprint density at radius 3 is 2.00 bits per heavy atom. The lowest BCUT2D eigenvalue weighted by atomic mass is 9.75. The molecule has 6 rings (SSSR count). The average molecular weight is 696 g/mol. The molecule has 10 nitrogen and oxygen atoms in total. The molecule has 2 amide bonds. The van der Waals surface area contributed by atoms with Crippen LogP contribution in [-0.4, -0.2) is 52.1 Å². The maximum Gasteiger partial charge on any atom is 0.253 e. The number of rotatable bonds is 13. The van der Waals surface area contributed by atoms with Gasteiger partial charge in [-0.05, 0) is 118 Å². The van der Waals surface area contributed by atoms with E-state index in [1.807, 2.05) is 19.9 Å². The van der Waals surface area contributed by atoms with Crippen molar-refractivity contribution in [2.75, 3.05) is 13.2 Å². The van der Waals surface area contributed by atoms with Gasteiger partial charge in [0.1, 0.15) is 30.5 Å². The van der Waals surface area contributed by atoms with Crippen LogP contribution in [0.3, 0.4) is 0 Å². The van der Waals surface area contributed by atoms with E-state index in [1.165, 1.54) is 6.07 Å². The zero-order valence-corrected chi connectivity index (χ0v) is 29.2. The number of nitrogens with one attached hydrogen (secondary N) is 2. The van der Waals surface area contributed by atoms with Gasteiger partial charge in [0.05, 0.1) is 22.5 Å². The second-order valence-corrected chi connectivity index (χ2v) is 13.7. The van der Waals surface area contributed by atoms with Gasteiger partial charge in [-0.3, -0.25) is 24.5 Å². The Labute approximate surface area is 298 Å². The maximum absolute atomic E-state index is 14.8. The summed E-state index contributed by atoms with van der Waals surface area (Å²) in [5.41, 5.74) is 3.22. The van der Waals surface area contributed by atoms with Gasteiger partial charge >= 0.3 is 0 Å². The number of halogens is 1. The highest BCUT2D eigenvalue weighted by Gasteiger charge is 2.29. The summed E-state index contributed by atoms with van der Waals surface area (Å²) in [4.78, 5) is 38.7. The fourth-order valence-electron chi connectivity index (χ4n) is 6.96. The molecule has 1 aliphatic carbocycles. The molecule has 4 atom stereocenters. The van der Waals surface area contributed by atoms with Gasteiger partial charge in [-0.1, -0.05) is 6.42 Å². The van der Waals surface area contributed by atoms with Crippen molar-refractivity contribution < 1.29 is 28.2 Å². The Morgan fingerprint density at radius 1 is 0.784 bits per heavy atom. The molecule has 1 saturated carbocycles. The molecular formula is C40H46FN5O5. The molecule has 0 radical (unpaired) electrons. The molecule has 4 unspecified atom stereocenters. The lowest BCUT2D eigenvalue weighted by molar-refractivity contribution is 0.0538. The van der Waals surface area contributed by atoms with Crippen LogP contribution in [-0.2, 0) is 18.0 Å². The maximum atomic E-state index is 14.8. The van der Waals surface area contributed by atoms with Crippen molar-refractivity contribution in [1.82, 2.24) is 25.6 Å². The summed E-state index contributed by atoms with van der Waals surface area (Å²) in [6, 6.07) is 15.5. The molecule has 11 heteroatoms. The van der Waals surface area contributed by atoms with Crippen LogP contribution < -0.4 is 20.1 Å². The first-order chi connectivity index (χ1) is 24.8. The molecular weight excluding hydrogens is 649 g/mol. The van der Waals surface area contributed by atoms with E-state index in [0.717, 1.165) is 63.0 Å². The van der Waals surface area contributed by atoms with Crippen molar-refractivity contribution in [3.05, 3.63) is 113 Å². The van der Waals surface area contributed by atoms with E-state index >= 15 is 0 Å². The van der Waals surface area contributed by atoms with Crippen LogP contribution >= 0.6 is 0 Å². The molecule has 268 valence electrons. The van der Waals surface area contributed by atoms with Crippen LogP contribution in [0.15, 0.2) is 79.4 Å². The predicted octanol–water partition coefficient (Wildman–Crippen LogP) is 6.81. The number of nitrogens with zero attached hydrogens (tertiary/aromatic N) is 3. The van der Waals surface area contributed by atoms with Gasteiger partial charge in [0.25, 0.3) is 11.8 Å². The number of pyridine rings is 3. The highest BCUT2D eigenvalue weighted by atomic mass is 19.1. The number of hydrogen-bond acceptors (Lipinski definition) is 8. The third-order valence-electron chi connectivity index (χ3n) is 10.1. The summed E-state index contributed by atoms with van der Waals surface area (Å²) >= 11 is 0. The first-order valence-electron chi connectivity index (χ1n) is 17.9. The fourth-order valence-corrected chi connectivity index (χ4v) is 6.96. The molecule has 2 N–H and O–H groups in total. The van der Waals surface area contributed by atoms with Crippen LogP contribution in [0, 0.1) is 17.7 Å². The summed E-state index contributed by atoms with van der Waals surface area (Å²) in [7, 11) is 0. The van der Waals surface area contributed by atoms with Crippen molar-refractivity contribution in [2.24, 2.45) is 11.8 Å². The van der Waals surface area contributed by atoms with E-state index in [1.54, 1.807) is 67.3 Å². The number of carbonyl (C=O) groups excluding carboxylic acids is 2. The Kier molecular flexibility index (Phi) is 12.2. The van der Waals surface area contributed by atoms with Crippen LogP contribution in [0.25, 0.3) is 0 Å². The molecule has 4 aromatic rings. The van der Waals surface area contributed by atoms with E-state index in [4.69, 9.17) is 14.2 Å². The fraction of sp³-hybridized carbons (Fsp3) is 0.425. The van der Waals surface area contributed by atoms with E-state index in [-0.39, 0.29) is 48.2 Å². The summed E-state index contributed by atoms with van der Waals surface area (Å²) in [5, 5.41) is 6.25. The van der Waals surface area contributed by atoms with Crippen molar-refractivity contribution in [2.45, 2.75) is 83.6 Å². The summed E-state index contributed by atoms with van der Waals surface area (Å²) in [5.74, 6) is 1.23. The van der Waals surface area contributed by atoms with Crippen LogP contribution in [0.5, 0.6) is 11.5 Å². The van der Waals surface area contributed by atoms with Crippen molar-refractivity contribution in [3.63, 3.8) is 0 Å². The Hall–Kier alpha value is -4.90. The first-order valence-corrected chi connectivity index (χ1v) is 17.9. The zero-order valence-electron chi connectivity index (χ0n) is 29.2. The van der Waals surface area contributed by atoms with Gasteiger partial charge in [-0.15, -0.1) is 0 Å². The number of hydrogen-bond donors (Lipinski definition) is 2. The molecule has 3 aromatic heterocycles. The van der Waals surface area contributed by atoms with Gasteiger partial charge in [-0.25, -0.2) is 4.39 Å². The normalized spacial score (nSPS) is 19.0. The molecule has 1 aromatic carbocycles. The highest BCUT2D eigenvalue weighted by molar-refractivity contribution is 5.94. The minimum absolute atomic E-state index is 0.0548. The lowest BCUT2D eigenvalue weighted by Crippen LogP contribution is -2.40. The lowest BCUT2D eigenvalue weighted by Gasteiger charge is -2.33. The second-order valence-electron chi connectivity index (χ2n) is 13.7. The predicted molar refractivity (Wildman–Crippen MR) is 190 cm³/mol. The quantitative estimate of drug-likeness (QED) is 0.157. The van der Waals surface area contributed by atoms with Gasteiger partial charge in [0.15, 0.2) is 0 Å². The third kappa shape index (κ3) is 10.1. The Balaban J connectivity index is 0.986. The number of benzene rings is 1.